The summed E-state index contributed by atoms with van der Waals surface area (Å²) in [6.45, 7) is 0.130. The van der Waals surface area contributed by atoms with E-state index in [1.807, 2.05) is 54.6 Å². The molecular formula is C46H56N12O10S. The van der Waals surface area contributed by atoms with E-state index in [4.69, 9.17) is 5.73 Å². The molecule has 69 heavy (non-hydrogen) atoms. The molecule has 1 saturated heterocycles. The van der Waals surface area contributed by atoms with Crippen LogP contribution >= 0.6 is 11.8 Å². The third-order valence-corrected chi connectivity index (χ3v) is 12.3. The average Bonchev–Trinajstić information content (AvgIpc) is 4.19. The number of thioether (sulfide) groups is 1. The third-order valence-electron chi connectivity index (χ3n) is 11.6. The average molecular weight is 969 g/mol. The van der Waals surface area contributed by atoms with Crippen molar-refractivity contribution in [2.75, 3.05) is 18.6 Å². The molecule has 1 aliphatic rings. The van der Waals surface area contributed by atoms with E-state index in [2.05, 4.69) is 51.5 Å². The van der Waals surface area contributed by atoms with Gasteiger partial charge in [-0.15, -0.1) is 0 Å². The van der Waals surface area contributed by atoms with Gasteiger partial charge in [0.2, 0.25) is 35.4 Å². The minimum Gasteiger partial charge on any atom is -0.481 e. The smallest absolute Gasteiger partial charge is 0.326 e. The van der Waals surface area contributed by atoms with E-state index in [9.17, 15) is 48.6 Å². The number of carboxylic acids is 2. The maximum Gasteiger partial charge on any atom is 0.326 e. The molecule has 6 rings (SSSR count). The highest BCUT2D eigenvalue weighted by Crippen LogP contribution is 2.22. The van der Waals surface area contributed by atoms with Crippen LogP contribution < -0.4 is 32.3 Å². The number of para-hydroxylation sites is 1. The van der Waals surface area contributed by atoms with Crippen LogP contribution in [0.15, 0.2) is 85.8 Å². The van der Waals surface area contributed by atoms with Crippen LogP contribution in [0.4, 0.5) is 0 Å². The fourth-order valence-electron chi connectivity index (χ4n) is 8.08. The van der Waals surface area contributed by atoms with Gasteiger partial charge >= 0.3 is 11.9 Å². The predicted molar refractivity (Wildman–Crippen MR) is 252 cm³/mol. The van der Waals surface area contributed by atoms with Gasteiger partial charge in [0.05, 0.1) is 25.1 Å². The van der Waals surface area contributed by atoms with Crippen molar-refractivity contribution in [2.45, 2.75) is 93.7 Å². The number of likely N-dealkylation sites (tertiary alicyclic amines) is 1. The number of nitrogens with one attached hydrogen (secondary N) is 8. The molecule has 0 aliphatic carbocycles. The zero-order chi connectivity index (χ0) is 49.5. The summed E-state index contributed by atoms with van der Waals surface area (Å²) >= 11 is 1.39. The molecule has 4 heterocycles. The number of fused-ring (bicyclic) bond motifs is 1. The Morgan fingerprint density at radius 1 is 0.725 bits per heavy atom. The van der Waals surface area contributed by atoms with Crippen LogP contribution in [0.3, 0.4) is 0 Å². The van der Waals surface area contributed by atoms with Crippen molar-refractivity contribution >= 4 is 70.0 Å². The van der Waals surface area contributed by atoms with Crippen molar-refractivity contribution in [1.82, 2.24) is 56.4 Å². The normalized spacial score (nSPS) is 16.0. The Morgan fingerprint density at radius 3 is 1.96 bits per heavy atom. The summed E-state index contributed by atoms with van der Waals surface area (Å²) in [5.41, 5.74) is 9.63. The number of carbonyl (C=O) groups excluding carboxylic acids is 6. The molecule has 0 radical (unpaired) electrons. The number of benzene rings is 2. The molecule has 2 aromatic carbocycles. The summed E-state index contributed by atoms with van der Waals surface area (Å²) in [6, 6.07) is 7.65. The van der Waals surface area contributed by atoms with Crippen molar-refractivity contribution in [3.05, 3.63) is 108 Å². The van der Waals surface area contributed by atoms with Gasteiger partial charge in [-0.3, -0.25) is 33.6 Å². The number of rotatable bonds is 25. The molecule has 0 bridgehead atoms. The number of aromatic amines is 3. The summed E-state index contributed by atoms with van der Waals surface area (Å²) in [7, 11) is 0. The van der Waals surface area contributed by atoms with Crippen molar-refractivity contribution in [3.63, 3.8) is 0 Å². The Morgan fingerprint density at radius 2 is 1.32 bits per heavy atom. The van der Waals surface area contributed by atoms with Gasteiger partial charge in [-0.25, -0.2) is 14.8 Å². The number of hydrogen-bond donors (Lipinski definition) is 11. The summed E-state index contributed by atoms with van der Waals surface area (Å²) in [5.74, 6) is -7.01. The quantitative estimate of drug-likeness (QED) is 0.0365. The first kappa shape index (κ1) is 50.9. The Labute approximate surface area is 400 Å². The molecule has 0 saturated carbocycles. The Balaban J connectivity index is 1.20. The summed E-state index contributed by atoms with van der Waals surface area (Å²) in [4.78, 5) is 126. The standard InChI is InChI=1S/C46H56N12O10S/c1-69-15-13-33(41(62)55-35(18-28-22-48-24-51-28)43(64)57-37(46(67)68)20-39(59)60)53-44(65)38-12-7-14-58(38)45(66)36(19-29-23-49-25-52-29)56-42(63)34(17-27-21-50-32-11-6-5-10-30(27)32)54-40(61)31(47)16-26-8-3-2-4-9-26/h2-6,8-11,21-25,31,33-38,50H,7,12-20,47H2,1H3,(H,48,51)(H,49,52)(H,53,65)(H,54,61)(H,55,62)(H,56,63)(H,57,64)(H,59,60)(H,67,68). The molecule has 5 aromatic rings. The van der Waals surface area contributed by atoms with Crippen molar-refractivity contribution in [1.29, 1.82) is 0 Å². The molecule has 23 heteroatoms. The van der Waals surface area contributed by atoms with Crippen LogP contribution in [0.2, 0.25) is 0 Å². The second-order valence-corrected chi connectivity index (χ2v) is 17.6. The highest BCUT2D eigenvalue weighted by molar-refractivity contribution is 7.98. The summed E-state index contributed by atoms with van der Waals surface area (Å²) in [6.07, 6.45) is 8.95. The second-order valence-electron chi connectivity index (χ2n) is 16.6. The van der Waals surface area contributed by atoms with Gasteiger partial charge in [-0.1, -0.05) is 48.5 Å². The number of nitrogens with two attached hydrogens (primary N) is 1. The number of carbonyl (C=O) groups is 8. The lowest BCUT2D eigenvalue weighted by molar-refractivity contribution is -0.147. The Kier molecular flexibility index (Phi) is 18.0. The van der Waals surface area contributed by atoms with Crippen LogP contribution in [-0.4, -0.2) is 148 Å². The van der Waals surface area contributed by atoms with E-state index >= 15 is 0 Å². The van der Waals surface area contributed by atoms with Gasteiger partial charge < -0.3 is 62.4 Å². The molecule has 7 unspecified atom stereocenters. The second kappa shape index (κ2) is 24.5. The van der Waals surface area contributed by atoms with E-state index in [1.165, 1.54) is 41.7 Å². The molecule has 7 atom stereocenters. The van der Waals surface area contributed by atoms with Gasteiger partial charge in [0.15, 0.2) is 0 Å². The largest absolute Gasteiger partial charge is 0.481 e. The van der Waals surface area contributed by atoms with E-state index in [0.717, 1.165) is 22.0 Å². The van der Waals surface area contributed by atoms with Crippen LogP contribution in [0.25, 0.3) is 10.9 Å². The zero-order valence-electron chi connectivity index (χ0n) is 37.7. The van der Waals surface area contributed by atoms with Crippen LogP contribution in [0.5, 0.6) is 0 Å². The van der Waals surface area contributed by atoms with Crippen molar-refractivity contribution in [3.8, 4) is 0 Å². The Bertz CT molecular complexity index is 2560. The first-order valence-electron chi connectivity index (χ1n) is 22.3. The van der Waals surface area contributed by atoms with E-state index in [-0.39, 0.29) is 45.1 Å². The minimum absolute atomic E-state index is 0.0335. The Hall–Kier alpha value is -7.53. The SMILES string of the molecule is CSCCC(NC(=O)C1CCCN1C(=O)C(Cc1cnc[nH]1)NC(=O)C(Cc1c[nH]c2ccccc12)NC(=O)C(N)Cc1ccccc1)C(=O)NC(Cc1cnc[nH]1)C(=O)NC(CC(=O)O)C(=O)O. The summed E-state index contributed by atoms with van der Waals surface area (Å²) in [5, 5.41) is 32.8. The van der Waals surface area contributed by atoms with E-state index < -0.39 is 96.1 Å². The predicted octanol–water partition coefficient (Wildman–Crippen LogP) is -0.0606. The van der Waals surface area contributed by atoms with Gasteiger partial charge in [-0.05, 0) is 54.9 Å². The molecule has 6 amide bonds. The monoisotopic (exact) mass is 968 g/mol. The molecule has 0 spiro atoms. The fraction of sp³-hybridized carbons (Fsp3) is 0.391. The van der Waals surface area contributed by atoms with Crippen molar-refractivity contribution in [2.24, 2.45) is 5.73 Å². The lowest BCUT2D eigenvalue weighted by Crippen LogP contribution is -2.60. The third kappa shape index (κ3) is 14.2. The maximum atomic E-state index is 14.7. The molecule has 22 nitrogen and oxygen atoms in total. The van der Waals surface area contributed by atoms with E-state index in [1.54, 1.807) is 12.5 Å². The zero-order valence-corrected chi connectivity index (χ0v) is 38.5. The van der Waals surface area contributed by atoms with Gasteiger partial charge in [0, 0.05) is 66.7 Å². The number of aromatic nitrogens is 5. The highest BCUT2D eigenvalue weighted by atomic mass is 32.2. The van der Waals surface area contributed by atoms with Gasteiger partial charge in [-0.2, -0.15) is 11.8 Å². The van der Waals surface area contributed by atoms with Gasteiger partial charge in [0.25, 0.3) is 0 Å². The van der Waals surface area contributed by atoms with Crippen LogP contribution in [-0.2, 0) is 64.0 Å². The molecule has 366 valence electrons. The molecule has 1 aliphatic heterocycles. The molecule has 1 fully saturated rings. The first-order chi connectivity index (χ1) is 33.2. The number of hydrogen-bond acceptors (Lipinski definition) is 12. The number of amides is 6. The molecule has 3 aromatic heterocycles. The fourth-order valence-corrected chi connectivity index (χ4v) is 8.55. The summed E-state index contributed by atoms with van der Waals surface area (Å²) < 4.78 is 0. The van der Waals surface area contributed by atoms with Crippen molar-refractivity contribution < 1.29 is 48.6 Å². The number of aliphatic carboxylic acids is 2. The lowest BCUT2D eigenvalue weighted by Gasteiger charge is -2.31. The van der Waals surface area contributed by atoms with Gasteiger partial charge in [0.1, 0.15) is 36.3 Å². The maximum absolute atomic E-state index is 14.7. The number of H-pyrrole nitrogens is 3. The number of imidazole rings is 2. The van der Waals surface area contributed by atoms with Crippen LogP contribution in [0.1, 0.15) is 48.2 Å². The molecule has 12 N–H and O–H groups in total. The number of carboxylic acid groups (broad SMARTS) is 2. The first-order valence-corrected chi connectivity index (χ1v) is 23.6. The topological polar surface area (TPSA) is 340 Å². The van der Waals surface area contributed by atoms with E-state index in [0.29, 0.717) is 23.6 Å². The highest BCUT2D eigenvalue weighted by Gasteiger charge is 2.40. The number of nitrogens with zero attached hydrogens (tertiary/aromatic N) is 3. The molecular weight excluding hydrogens is 913 g/mol. The minimum atomic E-state index is -1.80. The van der Waals surface area contributed by atoms with Crippen LogP contribution in [0, 0.1) is 0 Å². The lowest BCUT2D eigenvalue weighted by atomic mass is 10.0.